The zero-order valence-corrected chi connectivity index (χ0v) is 14.9. The summed E-state index contributed by atoms with van der Waals surface area (Å²) in [6, 6.07) is 21.1. The van der Waals surface area contributed by atoms with E-state index in [1.165, 1.54) is 10.5 Å². The topological polar surface area (TPSA) is 12.9 Å². The summed E-state index contributed by atoms with van der Waals surface area (Å²) >= 11 is 5.28. The minimum Gasteiger partial charge on any atom is -0.248 e. The molecule has 3 heteroatoms. The SMILES string of the molecule is CSc1cc(-c2ccc(C)cc2)nc(-c2cccc(Br)c2)c1. The first-order valence-corrected chi connectivity index (χ1v) is 9.06. The Bertz CT molecular complexity index is 797. The van der Waals surface area contributed by atoms with E-state index >= 15 is 0 Å². The highest BCUT2D eigenvalue weighted by Gasteiger charge is 2.07. The molecule has 0 amide bonds. The van der Waals surface area contributed by atoms with Gasteiger partial charge in [-0.1, -0.05) is 57.9 Å². The summed E-state index contributed by atoms with van der Waals surface area (Å²) in [5, 5.41) is 0. The molecule has 22 heavy (non-hydrogen) atoms. The van der Waals surface area contributed by atoms with Crippen molar-refractivity contribution in [3.05, 3.63) is 70.7 Å². The lowest BCUT2D eigenvalue weighted by Gasteiger charge is -2.09. The first-order chi connectivity index (χ1) is 10.7. The summed E-state index contributed by atoms with van der Waals surface area (Å²) in [6.45, 7) is 2.10. The van der Waals surface area contributed by atoms with Gasteiger partial charge < -0.3 is 0 Å². The summed E-state index contributed by atoms with van der Waals surface area (Å²) in [7, 11) is 0. The van der Waals surface area contributed by atoms with E-state index in [0.717, 1.165) is 27.0 Å². The third kappa shape index (κ3) is 3.42. The summed E-state index contributed by atoms with van der Waals surface area (Å²) in [4.78, 5) is 6.08. The Hall–Kier alpha value is -1.58. The van der Waals surface area contributed by atoms with Gasteiger partial charge in [0.25, 0.3) is 0 Å². The predicted octanol–water partition coefficient (Wildman–Crippen LogP) is 6.21. The zero-order valence-electron chi connectivity index (χ0n) is 12.5. The number of pyridine rings is 1. The number of thioether (sulfide) groups is 1. The molecule has 2 aromatic carbocycles. The lowest BCUT2D eigenvalue weighted by Crippen LogP contribution is -1.90. The molecule has 1 heterocycles. The van der Waals surface area contributed by atoms with Crippen LogP contribution in [0, 0.1) is 6.92 Å². The number of aryl methyl sites for hydroxylation is 1. The molecular formula is C19H16BrNS. The molecular weight excluding hydrogens is 354 g/mol. The van der Waals surface area contributed by atoms with Crippen molar-refractivity contribution in [3.8, 4) is 22.5 Å². The largest absolute Gasteiger partial charge is 0.248 e. The van der Waals surface area contributed by atoms with E-state index in [-0.39, 0.29) is 0 Å². The van der Waals surface area contributed by atoms with Crippen LogP contribution in [0.1, 0.15) is 5.56 Å². The van der Waals surface area contributed by atoms with Crippen LogP contribution >= 0.6 is 27.7 Å². The average Bonchev–Trinajstić information content (AvgIpc) is 2.55. The van der Waals surface area contributed by atoms with Gasteiger partial charge in [0, 0.05) is 20.5 Å². The third-order valence-corrected chi connectivity index (χ3v) is 4.70. The molecule has 0 aliphatic carbocycles. The minimum absolute atomic E-state index is 1.00. The van der Waals surface area contributed by atoms with Crippen molar-refractivity contribution in [2.75, 3.05) is 6.26 Å². The Morgan fingerprint density at radius 2 is 1.55 bits per heavy atom. The maximum absolute atomic E-state index is 4.86. The number of aromatic nitrogens is 1. The molecule has 3 rings (SSSR count). The second kappa shape index (κ2) is 6.67. The van der Waals surface area contributed by atoms with E-state index in [4.69, 9.17) is 4.98 Å². The van der Waals surface area contributed by atoms with E-state index in [2.05, 4.69) is 77.6 Å². The van der Waals surface area contributed by atoms with Crippen molar-refractivity contribution in [3.63, 3.8) is 0 Å². The monoisotopic (exact) mass is 369 g/mol. The average molecular weight is 370 g/mol. The Balaban J connectivity index is 2.12. The fourth-order valence-electron chi connectivity index (χ4n) is 2.29. The Kier molecular flexibility index (Phi) is 4.65. The maximum atomic E-state index is 4.86. The van der Waals surface area contributed by atoms with Crippen molar-refractivity contribution < 1.29 is 0 Å². The van der Waals surface area contributed by atoms with Crippen LogP contribution in [0.2, 0.25) is 0 Å². The fraction of sp³-hybridized carbons (Fsp3) is 0.105. The molecule has 1 aromatic heterocycles. The summed E-state index contributed by atoms with van der Waals surface area (Å²) < 4.78 is 1.07. The van der Waals surface area contributed by atoms with E-state index < -0.39 is 0 Å². The number of nitrogens with zero attached hydrogens (tertiary/aromatic N) is 1. The number of hydrogen-bond donors (Lipinski definition) is 0. The predicted molar refractivity (Wildman–Crippen MR) is 99.3 cm³/mol. The molecule has 0 radical (unpaired) electrons. The van der Waals surface area contributed by atoms with Gasteiger partial charge in [-0.15, -0.1) is 11.8 Å². The number of halogens is 1. The molecule has 0 spiro atoms. The molecule has 0 atom stereocenters. The lowest BCUT2D eigenvalue weighted by atomic mass is 10.1. The molecule has 0 bridgehead atoms. The molecule has 0 aliphatic heterocycles. The van der Waals surface area contributed by atoms with Gasteiger partial charge in [-0.25, -0.2) is 4.98 Å². The Morgan fingerprint density at radius 3 is 2.18 bits per heavy atom. The van der Waals surface area contributed by atoms with Crippen molar-refractivity contribution in [2.24, 2.45) is 0 Å². The van der Waals surface area contributed by atoms with Gasteiger partial charge in [0.2, 0.25) is 0 Å². The van der Waals surface area contributed by atoms with Gasteiger partial charge in [0.05, 0.1) is 11.4 Å². The van der Waals surface area contributed by atoms with Crippen LogP contribution < -0.4 is 0 Å². The molecule has 0 saturated carbocycles. The van der Waals surface area contributed by atoms with E-state index in [0.29, 0.717) is 0 Å². The first kappa shape index (κ1) is 15.3. The van der Waals surface area contributed by atoms with E-state index in [1.807, 2.05) is 12.1 Å². The molecule has 3 aromatic rings. The maximum Gasteiger partial charge on any atom is 0.0721 e. The van der Waals surface area contributed by atoms with Gasteiger partial charge in [-0.05, 0) is 37.4 Å². The van der Waals surface area contributed by atoms with Crippen LogP contribution in [0.25, 0.3) is 22.5 Å². The van der Waals surface area contributed by atoms with Crippen LogP contribution in [0.4, 0.5) is 0 Å². The van der Waals surface area contributed by atoms with Gasteiger partial charge >= 0.3 is 0 Å². The molecule has 0 saturated heterocycles. The second-order valence-corrected chi connectivity index (χ2v) is 6.95. The quantitative estimate of drug-likeness (QED) is 0.509. The first-order valence-electron chi connectivity index (χ1n) is 7.05. The highest BCUT2D eigenvalue weighted by molar-refractivity contribution is 9.10. The highest BCUT2D eigenvalue weighted by Crippen LogP contribution is 2.29. The van der Waals surface area contributed by atoms with Crippen molar-refractivity contribution in [1.82, 2.24) is 4.98 Å². The molecule has 0 N–H and O–H groups in total. The zero-order chi connectivity index (χ0) is 15.5. The van der Waals surface area contributed by atoms with Gasteiger partial charge in [0.15, 0.2) is 0 Å². The number of rotatable bonds is 3. The highest BCUT2D eigenvalue weighted by atomic mass is 79.9. The number of hydrogen-bond acceptors (Lipinski definition) is 2. The van der Waals surface area contributed by atoms with Crippen LogP contribution in [0.15, 0.2) is 70.0 Å². The van der Waals surface area contributed by atoms with Crippen LogP contribution in [-0.2, 0) is 0 Å². The Labute approximate surface area is 143 Å². The smallest absolute Gasteiger partial charge is 0.0721 e. The van der Waals surface area contributed by atoms with Gasteiger partial charge in [0.1, 0.15) is 0 Å². The molecule has 110 valence electrons. The summed E-state index contributed by atoms with van der Waals surface area (Å²) in [5.74, 6) is 0. The van der Waals surface area contributed by atoms with Crippen molar-refractivity contribution >= 4 is 27.7 Å². The number of benzene rings is 2. The van der Waals surface area contributed by atoms with Crippen molar-refractivity contribution in [2.45, 2.75) is 11.8 Å². The van der Waals surface area contributed by atoms with Crippen molar-refractivity contribution in [1.29, 1.82) is 0 Å². The standard InChI is InChI=1S/C19H16BrNS/c1-13-6-8-14(9-7-13)18-11-17(22-2)12-19(21-18)15-4-3-5-16(20)10-15/h3-12H,1-2H3. The van der Waals surface area contributed by atoms with Crippen LogP contribution in [0.3, 0.4) is 0 Å². The summed E-state index contributed by atoms with van der Waals surface area (Å²) in [5.41, 5.74) is 5.55. The molecule has 1 nitrogen and oxygen atoms in total. The van der Waals surface area contributed by atoms with Gasteiger partial charge in [-0.2, -0.15) is 0 Å². The van der Waals surface area contributed by atoms with Crippen LogP contribution in [-0.4, -0.2) is 11.2 Å². The normalized spacial score (nSPS) is 10.7. The Morgan fingerprint density at radius 1 is 0.864 bits per heavy atom. The minimum atomic E-state index is 1.00. The van der Waals surface area contributed by atoms with E-state index in [9.17, 15) is 0 Å². The van der Waals surface area contributed by atoms with E-state index in [1.54, 1.807) is 11.8 Å². The van der Waals surface area contributed by atoms with Gasteiger partial charge in [-0.3, -0.25) is 0 Å². The van der Waals surface area contributed by atoms with Crippen LogP contribution in [0.5, 0.6) is 0 Å². The molecule has 0 unspecified atom stereocenters. The molecule has 0 aliphatic rings. The third-order valence-electron chi connectivity index (χ3n) is 3.50. The summed E-state index contributed by atoms with van der Waals surface area (Å²) in [6.07, 6.45) is 2.10. The lowest BCUT2D eigenvalue weighted by molar-refractivity contribution is 1.26. The fourth-order valence-corrected chi connectivity index (χ4v) is 3.15. The second-order valence-electron chi connectivity index (χ2n) is 5.15. The molecule has 0 fully saturated rings.